The lowest BCUT2D eigenvalue weighted by Crippen LogP contribution is -2.41. The molecule has 1 atom stereocenters. The molecular weight excluding hydrogens is 319 g/mol. The van der Waals surface area contributed by atoms with Gasteiger partial charge >= 0.3 is 6.18 Å². The van der Waals surface area contributed by atoms with Gasteiger partial charge < -0.3 is 10.1 Å². The van der Waals surface area contributed by atoms with Crippen molar-refractivity contribution in [3.63, 3.8) is 0 Å². The average molecular weight is 343 g/mol. The van der Waals surface area contributed by atoms with Gasteiger partial charge in [0.25, 0.3) is 0 Å². The van der Waals surface area contributed by atoms with Crippen LogP contribution in [0.5, 0.6) is 0 Å². The molecule has 0 heterocycles. The summed E-state index contributed by atoms with van der Waals surface area (Å²) in [5.41, 5.74) is -0.823. The fraction of sp³-hybridized carbons (Fsp3) is 0.500. The van der Waals surface area contributed by atoms with Crippen molar-refractivity contribution in [2.45, 2.75) is 44.9 Å². The van der Waals surface area contributed by atoms with E-state index in [1.54, 1.807) is 32.9 Å². The summed E-state index contributed by atoms with van der Waals surface area (Å²) < 4.78 is 43.8. The Balaban J connectivity index is 2.69. The van der Waals surface area contributed by atoms with E-state index >= 15 is 0 Å². The monoisotopic (exact) mass is 343 g/mol. The number of halogens is 3. The summed E-state index contributed by atoms with van der Waals surface area (Å²) in [6.45, 7) is 9.38. The average Bonchev–Trinajstić information content (AvgIpc) is 2.52. The molecule has 0 aromatic heterocycles. The predicted octanol–water partition coefficient (Wildman–Crippen LogP) is 4.08. The van der Waals surface area contributed by atoms with Crippen molar-refractivity contribution in [2.24, 2.45) is 0 Å². The van der Waals surface area contributed by atoms with Crippen LogP contribution in [0.3, 0.4) is 0 Å². The Labute approximate surface area is 140 Å². The minimum Gasteiger partial charge on any atom is -0.368 e. The highest BCUT2D eigenvalue weighted by atomic mass is 19.4. The zero-order chi connectivity index (χ0) is 18.4. The largest absolute Gasteiger partial charge is 0.416 e. The molecule has 0 saturated carbocycles. The Morgan fingerprint density at radius 3 is 2.54 bits per heavy atom. The van der Waals surface area contributed by atoms with Gasteiger partial charge in [0.05, 0.1) is 12.2 Å². The number of hydrogen-bond donors (Lipinski definition) is 1. The minimum absolute atomic E-state index is 0.211. The van der Waals surface area contributed by atoms with Crippen LogP contribution >= 0.6 is 0 Å². The lowest BCUT2D eigenvalue weighted by atomic mass is 9.83. The van der Waals surface area contributed by atoms with E-state index in [4.69, 9.17) is 4.74 Å². The van der Waals surface area contributed by atoms with Crippen molar-refractivity contribution in [1.29, 1.82) is 0 Å². The Morgan fingerprint density at radius 2 is 1.96 bits per heavy atom. The van der Waals surface area contributed by atoms with Gasteiger partial charge in [-0.25, -0.2) is 0 Å². The van der Waals surface area contributed by atoms with Crippen LogP contribution in [0.15, 0.2) is 36.9 Å². The maximum absolute atomic E-state index is 12.8. The number of hydrogen-bond acceptors (Lipinski definition) is 2. The molecule has 134 valence electrons. The van der Waals surface area contributed by atoms with Gasteiger partial charge in [-0.1, -0.05) is 38.1 Å². The van der Waals surface area contributed by atoms with E-state index in [1.807, 2.05) is 0 Å². The van der Waals surface area contributed by atoms with E-state index in [1.165, 1.54) is 6.07 Å². The third-order valence-corrected chi connectivity index (χ3v) is 3.73. The van der Waals surface area contributed by atoms with Crippen LogP contribution in [-0.4, -0.2) is 25.2 Å². The molecule has 0 radical (unpaired) electrons. The van der Waals surface area contributed by atoms with Crippen molar-refractivity contribution >= 4 is 5.91 Å². The number of benzene rings is 1. The van der Waals surface area contributed by atoms with E-state index in [0.29, 0.717) is 18.6 Å². The third kappa shape index (κ3) is 6.00. The van der Waals surface area contributed by atoms with E-state index < -0.39 is 23.3 Å². The van der Waals surface area contributed by atoms with Crippen molar-refractivity contribution in [3.8, 4) is 0 Å². The molecule has 0 saturated heterocycles. The number of carbonyl (C=O) groups is 1. The molecule has 1 N–H and O–H groups in total. The highest BCUT2D eigenvalue weighted by Gasteiger charge is 2.32. The van der Waals surface area contributed by atoms with E-state index in [9.17, 15) is 18.0 Å². The Bertz CT molecular complexity index is 568. The standard InChI is InChI=1S/C18H24F3NO2/c1-5-6-10-24-13(2)16(23)22-12-17(3,4)14-8-7-9-15(11-14)18(19,20)21/h5,7-9,11,13H,1,6,10,12H2,2-4H3,(H,22,23). The van der Waals surface area contributed by atoms with E-state index in [0.717, 1.165) is 12.1 Å². The van der Waals surface area contributed by atoms with E-state index in [2.05, 4.69) is 11.9 Å². The Kier molecular flexibility index (Phi) is 7.02. The maximum atomic E-state index is 12.8. The molecular formula is C18H24F3NO2. The first-order valence-electron chi connectivity index (χ1n) is 7.76. The Morgan fingerprint density at radius 1 is 1.33 bits per heavy atom. The SMILES string of the molecule is C=CCCOC(C)C(=O)NCC(C)(C)c1cccc(C(F)(F)F)c1. The van der Waals surface area contributed by atoms with Crippen molar-refractivity contribution in [2.75, 3.05) is 13.2 Å². The quantitative estimate of drug-likeness (QED) is 0.570. The van der Waals surface area contributed by atoms with Gasteiger partial charge in [-0.2, -0.15) is 13.2 Å². The second-order valence-corrected chi connectivity index (χ2v) is 6.27. The molecule has 0 aliphatic carbocycles. The molecule has 1 aromatic carbocycles. The highest BCUT2D eigenvalue weighted by molar-refractivity contribution is 5.80. The van der Waals surface area contributed by atoms with E-state index in [-0.39, 0.29) is 12.5 Å². The molecule has 0 aliphatic rings. The second kappa shape index (κ2) is 8.33. The summed E-state index contributed by atoms with van der Waals surface area (Å²) in [6.07, 6.45) is -2.67. The highest BCUT2D eigenvalue weighted by Crippen LogP contribution is 2.32. The van der Waals surface area contributed by atoms with Gasteiger partial charge in [0.15, 0.2) is 0 Å². The van der Waals surface area contributed by atoms with Gasteiger partial charge in [-0.15, -0.1) is 6.58 Å². The van der Waals surface area contributed by atoms with Crippen molar-refractivity contribution in [1.82, 2.24) is 5.32 Å². The lowest BCUT2D eigenvalue weighted by molar-refractivity contribution is -0.137. The summed E-state index contributed by atoms with van der Waals surface area (Å²) >= 11 is 0. The minimum atomic E-state index is -4.39. The number of amides is 1. The number of carbonyl (C=O) groups excluding carboxylic acids is 1. The van der Waals surface area contributed by atoms with Crippen molar-refractivity contribution in [3.05, 3.63) is 48.0 Å². The zero-order valence-electron chi connectivity index (χ0n) is 14.2. The zero-order valence-corrected chi connectivity index (χ0v) is 14.2. The topological polar surface area (TPSA) is 38.3 Å². The maximum Gasteiger partial charge on any atom is 0.416 e. The van der Waals surface area contributed by atoms with Gasteiger partial charge in [-0.05, 0) is 25.0 Å². The fourth-order valence-electron chi connectivity index (χ4n) is 2.07. The second-order valence-electron chi connectivity index (χ2n) is 6.27. The predicted molar refractivity (Wildman–Crippen MR) is 87.7 cm³/mol. The van der Waals surface area contributed by atoms with Crippen molar-refractivity contribution < 1.29 is 22.7 Å². The smallest absolute Gasteiger partial charge is 0.368 e. The Hall–Kier alpha value is -1.82. The molecule has 0 spiro atoms. The summed E-state index contributed by atoms with van der Waals surface area (Å²) in [5, 5.41) is 2.74. The third-order valence-electron chi connectivity index (χ3n) is 3.73. The summed E-state index contributed by atoms with van der Waals surface area (Å²) in [7, 11) is 0. The number of rotatable bonds is 8. The first kappa shape index (κ1) is 20.2. The van der Waals surface area contributed by atoms with Crippen LogP contribution in [0.2, 0.25) is 0 Å². The van der Waals surface area contributed by atoms with Gasteiger partial charge in [0.2, 0.25) is 5.91 Å². The normalized spacial score (nSPS) is 13.4. The molecule has 1 unspecified atom stereocenters. The molecule has 1 rings (SSSR count). The van der Waals surface area contributed by atoms with Crippen LogP contribution < -0.4 is 5.32 Å². The molecule has 0 fully saturated rings. The lowest BCUT2D eigenvalue weighted by Gasteiger charge is -2.27. The fourth-order valence-corrected chi connectivity index (χ4v) is 2.07. The molecule has 1 aromatic rings. The molecule has 0 bridgehead atoms. The van der Waals surface area contributed by atoms with Crippen LogP contribution in [0.25, 0.3) is 0 Å². The van der Waals surface area contributed by atoms with Crippen LogP contribution in [0.4, 0.5) is 13.2 Å². The van der Waals surface area contributed by atoms with Crippen LogP contribution in [0.1, 0.15) is 38.3 Å². The number of ether oxygens (including phenoxy) is 1. The van der Waals surface area contributed by atoms with Gasteiger partial charge in [0, 0.05) is 12.0 Å². The molecule has 0 aliphatic heterocycles. The summed E-state index contributed by atoms with van der Waals surface area (Å²) in [5.74, 6) is -0.292. The first-order valence-corrected chi connectivity index (χ1v) is 7.76. The van der Waals surface area contributed by atoms with Gasteiger partial charge in [0.1, 0.15) is 6.10 Å². The van der Waals surface area contributed by atoms with Crippen LogP contribution in [0, 0.1) is 0 Å². The molecule has 24 heavy (non-hydrogen) atoms. The summed E-state index contributed by atoms with van der Waals surface area (Å²) in [6, 6.07) is 5.16. The summed E-state index contributed by atoms with van der Waals surface area (Å²) in [4.78, 5) is 12.0. The van der Waals surface area contributed by atoms with Crippen LogP contribution in [-0.2, 0) is 21.1 Å². The molecule has 1 amide bonds. The molecule has 6 heteroatoms. The number of alkyl halides is 3. The van der Waals surface area contributed by atoms with Gasteiger partial charge in [-0.3, -0.25) is 4.79 Å². The first-order chi connectivity index (χ1) is 11.1. The molecule has 3 nitrogen and oxygen atoms in total. The number of nitrogens with one attached hydrogen (secondary N) is 1.